The van der Waals surface area contributed by atoms with E-state index >= 15 is 0 Å². The molecule has 0 aromatic heterocycles. The number of hydrogen-bond donors (Lipinski definition) is 0. The van der Waals surface area contributed by atoms with Gasteiger partial charge in [0.05, 0.1) is 6.61 Å². The molecule has 0 aliphatic heterocycles. The van der Waals surface area contributed by atoms with Gasteiger partial charge in [-0.3, -0.25) is 4.79 Å². The van der Waals surface area contributed by atoms with Crippen molar-refractivity contribution in [1.29, 1.82) is 0 Å². The fourth-order valence-corrected chi connectivity index (χ4v) is 1.94. The highest BCUT2D eigenvalue weighted by Crippen LogP contribution is 2.28. The highest BCUT2D eigenvalue weighted by molar-refractivity contribution is 6.08. The Hall–Kier alpha value is -1.87. The van der Waals surface area contributed by atoms with Gasteiger partial charge in [0, 0.05) is 18.1 Å². The van der Waals surface area contributed by atoms with E-state index in [0.29, 0.717) is 13.2 Å². The standard InChI is InChI=1S/C15H16O3/c1-11(16)12-7-8-15(18-10-9-17-2)14-6-4-3-5-13(12)14/h3-8H,9-10H2,1-2H3. The van der Waals surface area contributed by atoms with Crippen molar-refractivity contribution in [1.82, 2.24) is 0 Å². The first-order chi connectivity index (χ1) is 8.74. The molecular weight excluding hydrogens is 228 g/mol. The molecule has 0 saturated heterocycles. The molecule has 0 saturated carbocycles. The fraction of sp³-hybridized carbons (Fsp3) is 0.267. The Bertz CT molecular complexity index is 561. The lowest BCUT2D eigenvalue weighted by molar-refractivity contribution is 0.101. The second-order valence-corrected chi connectivity index (χ2v) is 4.05. The predicted molar refractivity (Wildman–Crippen MR) is 71.3 cm³/mol. The highest BCUT2D eigenvalue weighted by Gasteiger charge is 2.09. The lowest BCUT2D eigenvalue weighted by Crippen LogP contribution is -2.05. The van der Waals surface area contributed by atoms with Crippen LogP contribution in [0.1, 0.15) is 17.3 Å². The molecule has 2 rings (SSSR count). The average Bonchev–Trinajstić information content (AvgIpc) is 2.38. The number of fused-ring (bicyclic) bond motifs is 1. The fourth-order valence-electron chi connectivity index (χ4n) is 1.94. The summed E-state index contributed by atoms with van der Waals surface area (Å²) in [4.78, 5) is 11.6. The van der Waals surface area contributed by atoms with Crippen molar-refractivity contribution in [3.8, 4) is 5.75 Å². The monoisotopic (exact) mass is 244 g/mol. The molecule has 0 heterocycles. The molecule has 0 atom stereocenters. The van der Waals surface area contributed by atoms with Crippen LogP contribution in [0.4, 0.5) is 0 Å². The summed E-state index contributed by atoms with van der Waals surface area (Å²) in [6, 6.07) is 11.4. The molecular formula is C15H16O3. The van der Waals surface area contributed by atoms with Gasteiger partial charge in [-0.2, -0.15) is 0 Å². The molecule has 18 heavy (non-hydrogen) atoms. The summed E-state index contributed by atoms with van der Waals surface area (Å²) < 4.78 is 10.6. The minimum atomic E-state index is 0.0645. The maximum absolute atomic E-state index is 11.6. The topological polar surface area (TPSA) is 35.5 Å². The maximum atomic E-state index is 11.6. The van der Waals surface area contributed by atoms with Gasteiger partial charge < -0.3 is 9.47 Å². The summed E-state index contributed by atoms with van der Waals surface area (Å²) in [6.45, 7) is 2.62. The zero-order valence-electron chi connectivity index (χ0n) is 10.6. The molecule has 2 aromatic rings. The quantitative estimate of drug-likeness (QED) is 0.599. The Balaban J connectivity index is 2.44. The average molecular weight is 244 g/mol. The summed E-state index contributed by atoms with van der Waals surface area (Å²) in [7, 11) is 1.64. The Morgan fingerprint density at radius 3 is 2.44 bits per heavy atom. The highest BCUT2D eigenvalue weighted by atomic mass is 16.5. The molecule has 0 spiro atoms. The van der Waals surface area contributed by atoms with Gasteiger partial charge in [0.2, 0.25) is 0 Å². The van der Waals surface area contributed by atoms with Gasteiger partial charge >= 0.3 is 0 Å². The van der Waals surface area contributed by atoms with Crippen LogP contribution in [0, 0.1) is 0 Å². The van der Waals surface area contributed by atoms with Crippen LogP contribution in [0.25, 0.3) is 10.8 Å². The number of hydrogen-bond acceptors (Lipinski definition) is 3. The first-order valence-electron chi connectivity index (χ1n) is 5.88. The predicted octanol–water partition coefficient (Wildman–Crippen LogP) is 3.07. The summed E-state index contributed by atoms with van der Waals surface area (Å²) in [6.07, 6.45) is 0. The first kappa shape index (κ1) is 12.6. The van der Waals surface area contributed by atoms with E-state index in [0.717, 1.165) is 22.1 Å². The number of carbonyl (C=O) groups is 1. The van der Waals surface area contributed by atoms with Gasteiger partial charge in [-0.25, -0.2) is 0 Å². The van der Waals surface area contributed by atoms with Crippen LogP contribution in [-0.2, 0) is 4.74 Å². The summed E-state index contributed by atoms with van der Waals surface area (Å²) in [5.41, 5.74) is 0.727. The van der Waals surface area contributed by atoms with Crippen molar-refractivity contribution >= 4 is 16.6 Å². The van der Waals surface area contributed by atoms with E-state index in [1.807, 2.05) is 36.4 Å². The van der Waals surface area contributed by atoms with Crippen LogP contribution in [0.5, 0.6) is 5.75 Å². The Morgan fingerprint density at radius 1 is 1.06 bits per heavy atom. The van der Waals surface area contributed by atoms with Crippen LogP contribution in [0.3, 0.4) is 0 Å². The number of benzene rings is 2. The molecule has 3 heteroatoms. The van der Waals surface area contributed by atoms with Gasteiger partial charge in [0.1, 0.15) is 12.4 Å². The van der Waals surface area contributed by atoms with Crippen LogP contribution in [0.2, 0.25) is 0 Å². The number of carbonyl (C=O) groups excluding carboxylic acids is 1. The van der Waals surface area contributed by atoms with E-state index < -0.39 is 0 Å². The lowest BCUT2D eigenvalue weighted by Gasteiger charge is -2.11. The SMILES string of the molecule is COCCOc1ccc(C(C)=O)c2ccccc12. The van der Waals surface area contributed by atoms with Crippen molar-refractivity contribution in [3.63, 3.8) is 0 Å². The molecule has 2 aromatic carbocycles. The number of ether oxygens (including phenoxy) is 2. The van der Waals surface area contributed by atoms with Crippen molar-refractivity contribution in [2.24, 2.45) is 0 Å². The van der Waals surface area contributed by atoms with E-state index in [-0.39, 0.29) is 5.78 Å². The molecule has 0 aliphatic carbocycles. The number of ketones is 1. The molecule has 0 bridgehead atoms. The van der Waals surface area contributed by atoms with Crippen LogP contribution < -0.4 is 4.74 Å². The molecule has 0 fully saturated rings. The van der Waals surface area contributed by atoms with Gasteiger partial charge in [-0.05, 0) is 24.4 Å². The van der Waals surface area contributed by atoms with Crippen molar-refractivity contribution in [3.05, 3.63) is 42.0 Å². The third-order valence-electron chi connectivity index (χ3n) is 2.81. The van der Waals surface area contributed by atoms with E-state index in [2.05, 4.69) is 0 Å². The smallest absolute Gasteiger partial charge is 0.160 e. The normalized spacial score (nSPS) is 10.6. The minimum Gasteiger partial charge on any atom is -0.491 e. The molecule has 0 aliphatic rings. The first-order valence-corrected chi connectivity index (χ1v) is 5.88. The largest absolute Gasteiger partial charge is 0.491 e. The van der Waals surface area contributed by atoms with Crippen molar-refractivity contribution in [2.75, 3.05) is 20.3 Å². The zero-order chi connectivity index (χ0) is 13.0. The third-order valence-corrected chi connectivity index (χ3v) is 2.81. The second kappa shape index (κ2) is 5.65. The van der Waals surface area contributed by atoms with E-state index in [9.17, 15) is 4.79 Å². The molecule has 0 amide bonds. The van der Waals surface area contributed by atoms with E-state index in [1.165, 1.54) is 0 Å². The maximum Gasteiger partial charge on any atom is 0.160 e. The van der Waals surface area contributed by atoms with Crippen LogP contribution in [-0.4, -0.2) is 26.1 Å². The number of rotatable bonds is 5. The lowest BCUT2D eigenvalue weighted by atomic mass is 10.0. The minimum absolute atomic E-state index is 0.0645. The summed E-state index contributed by atoms with van der Waals surface area (Å²) in [5, 5.41) is 1.89. The molecule has 0 radical (unpaired) electrons. The Morgan fingerprint density at radius 2 is 1.78 bits per heavy atom. The van der Waals surface area contributed by atoms with E-state index in [4.69, 9.17) is 9.47 Å². The zero-order valence-corrected chi connectivity index (χ0v) is 10.6. The molecule has 0 unspecified atom stereocenters. The van der Waals surface area contributed by atoms with Gasteiger partial charge in [-0.1, -0.05) is 24.3 Å². The van der Waals surface area contributed by atoms with Gasteiger partial charge in [0.15, 0.2) is 5.78 Å². The van der Waals surface area contributed by atoms with Crippen molar-refractivity contribution in [2.45, 2.75) is 6.92 Å². The Kier molecular flexibility index (Phi) is 3.95. The van der Waals surface area contributed by atoms with Crippen molar-refractivity contribution < 1.29 is 14.3 Å². The Labute approximate surface area is 106 Å². The second-order valence-electron chi connectivity index (χ2n) is 4.05. The summed E-state index contributed by atoms with van der Waals surface area (Å²) >= 11 is 0. The van der Waals surface area contributed by atoms with Crippen LogP contribution in [0.15, 0.2) is 36.4 Å². The number of methoxy groups -OCH3 is 1. The number of Topliss-reactive ketones (excluding diaryl/α,β-unsaturated/α-hetero) is 1. The van der Waals surface area contributed by atoms with Crippen LogP contribution >= 0.6 is 0 Å². The van der Waals surface area contributed by atoms with Gasteiger partial charge in [-0.15, -0.1) is 0 Å². The molecule has 94 valence electrons. The molecule has 3 nitrogen and oxygen atoms in total. The van der Waals surface area contributed by atoms with E-state index in [1.54, 1.807) is 14.0 Å². The molecule has 0 N–H and O–H groups in total. The third kappa shape index (κ3) is 2.51. The van der Waals surface area contributed by atoms with Gasteiger partial charge in [0.25, 0.3) is 0 Å². The summed E-state index contributed by atoms with van der Waals surface area (Å²) in [5.74, 6) is 0.849.